The molecule has 18 heavy (non-hydrogen) atoms. The molecule has 2 heterocycles. The smallest absolute Gasteiger partial charge is 0.153 e. The number of benzene rings is 1. The first-order valence-corrected chi connectivity index (χ1v) is 6.40. The maximum absolute atomic E-state index is 5.83. The average Bonchev–Trinajstić information content (AvgIpc) is 2.84. The lowest BCUT2D eigenvalue weighted by Gasteiger charge is -1.99. The summed E-state index contributed by atoms with van der Waals surface area (Å²) in [5, 5.41) is 1.05. The SMILES string of the molecule is NCc1ccnc(-c2cc3cccc(Br)c3o2)c1. The highest BCUT2D eigenvalue weighted by Gasteiger charge is 2.09. The third-order valence-electron chi connectivity index (χ3n) is 2.81. The highest BCUT2D eigenvalue weighted by molar-refractivity contribution is 9.10. The lowest BCUT2D eigenvalue weighted by atomic mass is 10.2. The molecule has 90 valence electrons. The van der Waals surface area contributed by atoms with Gasteiger partial charge in [-0.1, -0.05) is 12.1 Å². The van der Waals surface area contributed by atoms with Gasteiger partial charge in [-0.2, -0.15) is 0 Å². The number of halogens is 1. The van der Waals surface area contributed by atoms with E-state index in [0.29, 0.717) is 6.54 Å². The molecule has 0 amide bonds. The topological polar surface area (TPSA) is 52.0 Å². The first-order chi connectivity index (χ1) is 8.78. The molecule has 0 atom stereocenters. The molecule has 3 rings (SSSR count). The zero-order valence-electron chi connectivity index (χ0n) is 9.56. The Kier molecular flexibility index (Phi) is 2.89. The summed E-state index contributed by atoms with van der Waals surface area (Å²) in [5.74, 6) is 0.757. The van der Waals surface area contributed by atoms with Gasteiger partial charge in [-0.05, 0) is 45.8 Å². The summed E-state index contributed by atoms with van der Waals surface area (Å²) in [7, 11) is 0. The van der Waals surface area contributed by atoms with Crippen molar-refractivity contribution in [2.45, 2.75) is 6.54 Å². The Labute approximate surface area is 113 Å². The number of furan rings is 1. The van der Waals surface area contributed by atoms with Crippen molar-refractivity contribution in [1.29, 1.82) is 0 Å². The second kappa shape index (κ2) is 4.55. The molecule has 2 aromatic heterocycles. The first kappa shape index (κ1) is 11.4. The summed E-state index contributed by atoms with van der Waals surface area (Å²) >= 11 is 3.48. The van der Waals surface area contributed by atoms with Gasteiger partial charge in [0.25, 0.3) is 0 Å². The number of hydrogen-bond donors (Lipinski definition) is 1. The van der Waals surface area contributed by atoms with Gasteiger partial charge in [-0.25, -0.2) is 0 Å². The standard InChI is InChI=1S/C14H11BrN2O/c15-11-3-1-2-10-7-13(18-14(10)11)12-6-9(8-16)4-5-17-12/h1-7H,8,16H2. The van der Waals surface area contributed by atoms with E-state index in [4.69, 9.17) is 10.2 Å². The molecule has 2 N–H and O–H groups in total. The van der Waals surface area contributed by atoms with Crippen LogP contribution in [0, 0.1) is 0 Å². The molecular formula is C14H11BrN2O. The average molecular weight is 303 g/mol. The molecule has 3 aromatic rings. The number of hydrogen-bond acceptors (Lipinski definition) is 3. The molecule has 4 heteroatoms. The van der Waals surface area contributed by atoms with Crippen molar-refractivity contribution in [2.24, 2.45) is 5.73 Å². The van der Waals surface area contributed by atoms with Crippen molar-refractivity contribution in [3.8, 4) is 11.5 Å². The summed E-state index contributed by atoms with van der Waals surface area (Å²) in [6.07, 6.45) is 1.75. The molecule has 1 aromatic carbocycles. The van der Waals surface area contributed by atoms with Crippen LogP contribution in [-0.4, -0.2) is 4.98 Å². The number of pyridine rings is 1. The van der Waals surface area contributed by atoms with Crippen molar-refractivity contribution in [1.82, 2.24) is 4.98 Å². The summed E-state index contributed by atoms with van der Waals surface area (Å²) < 4.78 is 6.78. The van der Waals surface area contributed by atoms with Crippen LogP contribution < -0.4 is 5.73 Å². The van der Waals surface area contributed by atoms with Gasteiger partial charge in [-0.15, -0.1) is 0 Å². The van der Waals surface area contributed by atoms with E-state index in [9.17, 15) is 0 Å². The molecule has 3 nitrogen and oxygen atoms in total. The molecule has 0 fully saturated rings. The van der Waals surface area contributed by atoms with E-state index in [1.165, 1.54) is 0 Å². The lowest BCUT2D eigenvalue weighted by molar-refractivity contribution is 0.626. The van der Waals surface area contributed by atoms with Gasteiger partial charge in [0.2, 0.25) is 0 Å². The molecule has 0 unspecified atom stereocenters. The first-order valence-electron chi connectivity index (χ1n) is 5.61. The minimum Gasteiger partial charge on any atom is -0.453 e. The molecular weight excluding hydrogens is 292 g/mol. The van der Waals surface area contributed by atoms with E-state index in [1.54, 1.807) is 6.20 Å². The normalized spacial score (nSPS) is 11.0. The number of aromatic nitrogens is 1. The van der Waals surface area contributed by atoms with Crippen LogP contribution in [0.25, 0.3) is 22.4 Å². The molecule has 0 bridgehead atoms. The molecule has 0 aliphatic carbocycles. The predicted octanol–water partition coefficient (Wildman–Crippen LogP) is 3.72. The monoisotopic (exact) mass is 302 g/mol. The maximum Gasteiger partial charge on any atom is 0.153 e. The van der Waals surface area contributed by atoms with Gasteiger partial charge in [0.05, 0.1) is 4.47 Å². The predicted molar refractivity (Wildman–Crippen MR) is 75.0 cm³/mol. The van der Waals surface area contributed by atoms with Crippen LogP contribution >= 0.6 is 15.9 Å². The van der Waals surface area contributed by atoms with Crippen molar-refractivity contribution in [3.63, 3.8) is 0 Å². The van der Waals surface area contributed by atoms with Crippen LogP contribution in [-0.2, 0) is 6.54 Å². The second-order valence-electron chi connectivity index (χ2n) is 4.02. The quantitative estimate of drug-likeness (QED) is 0.785. The fraction of sp³-hybridized carbons (Fsp3) is 0.0714. The largest absolute Gasteiger partial charge is 0.453 e. The van der Waals surface area contributed by atoms with E-state index in [0.717, 1.165) is 32.5 Å². The van der Waals surface area contributed by atoms with Gasteiger partial charge in [0.1, 0.15) is 11.3 Å². The minimum atomic E-state index is 0.499. The van der Waals surface area contributed by atoms with E-state index < -0.39 is 0 Å². The lowest BCUT2D eigenvalue weighted by Crippen LogP contribution is -1.96. The van der Waals surface area contributed by atoms with Crippen LogP contribution in [0.15, 0.2) is 51.5 Å². The van der Waals surface area contributed by atoms with Gasteiger partial charge in [-0.3, -0.25) is 4.98 Å². The van der Waals surface area contributed by atoms with E-state index in [2.05, 4.69) is 20.9 Å². The molecule has 0 saturated carbocycles. The van der Waals surface area contributed by atoms with Gasteiger partial charge >= 0.3 is 0 Å². The van der Waals surface area contributed by atoms with Crippen molar-refractivity contribution >= 4 is 26.9 Å². The van der Waals surface area contributed by atoms with Gasteiger partial charge in [0, 0.05) is 18.1 Å². The molecule has 0 radical (unpaired) electrons. The Bertz CT molecular complexity index is 706. The summed E-state index contributed by atoms with van der Waals surface area (Å²) in [6.45, 7) is 0.499. The molecule has 0 saturated heterocycles. The van der Waals surface area contributed by atoms with Crippen LogP contribution in [0.4, 0.5) is 0 Å². The number of para-hydroxylation sites is 1. The summed E-state index contributed by atoms with van der Waals surface area (Å²) in [4.78, 5) is 4.32. The third kappa shape index (κ3) is 1.94. The fourth-order valence-corrected chi connectivity index (χ4v) is 2.35. The van der Waals surface area contributed by atoms with Gasteiger partial charge in [0.15, 0.2) is 5.76 Å². The van der Waals surface area contributed by atoms with Crippen LogP contribution in [0.3, 0.4) is 0 Å². The highest BCUT2D eigenvalue weighted by atomic mass is 79.9. The molecule has 0 aliphatic heterocycles. The highest BCUT2D eigenvalue weighted by Crippen LogP contribution is 2.31. The Balaban J connectivity index is 2.16. The summed E-state index contributed by atoms with van der Waals surface area (Å²) in [5.41, 5.74) is 8.32. The maximum atomic E-state index is 5.83. The number of nitrogens with zero attached hydrogens (tertiary/aromatic N) is 1. The Hall–Kier alpha value is -1.65. The third-order valence-corrected chi connectivity index (χ3v) is 3.43. The zero-order chi connectivity index (χ0) is 12.5. The van der Waals surface area contributed by atoms with Crippen molar-refractivity contribution in [3.05, 3.63) is 52.6 Å². The summed E-state index contributed by atoms with van der Waals surface area (Å²) in [6, 6.07) is 11.8. The zero-order valence-corrected chi connectivity index (χ0v) is 11.1. The minimum absolute atomic E-state index is 0.499. The van der Waals surface area contributed by atoms with E-state index >= 15 is 0 Å². The van der Waals surface area contributed by atoms with E-state index in [-0.39, 0.29) is 0 Å². The van der Waals surface area contributed by atoms with Crippen LogP contribution in [0.1, 0.15) is 5.56 Å². The van der Waals surface area contributed by atoms with Crippen molar-refractivity contribution < 1.29 is 4.42 Å². The second-order valence-corrected chi connectivity index (χ2v) is 4.88. The van der Waals surface area contributed by atoms with Crippen molar-refractivity contribution in [2.75, 3.05) is 0 Å². The molecule has 0 aliphatic rings. The number of fused-ring (bicyclic) bond motifs is 1. The molecule has 0 spiro atoms. The van der Waals surface area contributed by atoms with Gasteiger partial charge < -0.3 is 10.2 Å². The number of nitrogens with two attached hydrogens (primary N) is 1. The van der Waals surface area contributed by atoms with E-state index in [1.807, 2.05) is 36.4 Å². The number of rotatable bonds is 2. The van der Waals surface area contributed by atoms with Crippen LogP contribution in [0.2, 0.25) is 0 Å². The Morgan fingerprint density at radius 1 is 1.22 bits per heavy atom. The Morgan fingerprint density at radius 3 is 2.89 bits per heavy atom. The fourth-order valence-electron chi connectivity index (χ4n) is 1.89. The Morgan fingerprint density at radius 2 is 2.11 bits per heavy atom. The van der Waals surface area contributed by atoms with Crippen LogP contribution in [0.5, 0.6) is 0 Å².